The fourth-order valence-corrected chi connectivity index (χ4v) is 8.89. The molecule has 0 saturated carbocycles. The summed E-state index contributed by atoms with van der Waals surface area (Å²) in [6, 6.07) is -0.723. The lowest BCUT2D eigenvalue weighted by Gasteiger charge is -2.24. The molecule has 0 radical (unpaired) electrons. The van der Waals surface area contributed by atoms with Crippen molar-refractivity contribution < 1.29 is 24.5 Å². The van der Waals surface area contributed by atoms with Crippen LogP contribution in [0, 0.1) is 0 Å². The van der Waals surface area contributed by atoms with Crippen molar-refractivity contribution in [2.45, 2.75) is 315 Å². The summed E-state index contributed by atoms with van der Waals surface area (Å²) in [7, 11) is 0. The number of aliphatic hydroxyl groups excluding tert-OH is 2. The summed E-state index contributed by atoms with van der Waals surface area (Å²) in [6.45, 7) is 6.38. The number of carbonyl (C=O) groups excluding carboxylic acids is 2. The minimum Gasteiger partial charge on any atom is -0.462 e. The lowest BCUT2D eigenvalue weighted by molar-refractivity contribution is -0.151. The maximum absolute atomic E-state index is 13.3. The second kappa shape index (κ2) is 55.5. The van der Waals surface area contributed by atoms with Gasteiger partial charge in [0.05, 0.1) is 25.2 Å². The highest BCUT2D eigenvalue weighted by molar-refractivity contribution is 5.77. The Balaban J connectivity index is 4.57. The molecule has 0 aliphatic rings. The Morgan fingerprint density at radius 1 is 0.441 bits per heavy atom. The fourth-order valence-electron chi connectivity index (χ4n) is 8.89. The molecule has 0 aromatic heterocycles. The van der Waals surface area contributed by atoms with E-state index in [1.807, 2.05) is 0 Å². The first-order chi connectivity index (χ1) is 33.5. The van der Waals surface area contributed by atoms with Crippen LogP contribution in [0.5, 0.6) is 0 Å². The van der Waals surface area contributed by atoms with Gasteiger partial charge in [-0.1, -0.05) is 261 Å². The molecule has 68 heavy (non-hydrogen) atoms. The highest BCUT2D eigenvalue weighted by Crippen LogP contribution is 2.18. The summed E-state index contributed by atoms with van der Waals surface area (Å²) in [5, 5.41) is 23.9. The van der Waals surface area contributed by atoms with Gasteiger partial charge in [-0.05, 0) is 83.5 Å². The summed E-state index contributed by atoms with van der Waals surface area (Å²) in [6.07, 6.45) is 70.1. The van der Waals surface area contributed by atoms with Gasteiger partial charge in [-0.3, -0.25) is 9.59 Å². The molecular formula is C62H113NO5. The second-order valence-electron chi connectivity index (χ2n) is 20.0. The molecule has 0 aliphatic carbocycles. The average Bonchev–Trinajstić information content (AvgIpc) is 3.33. The number of carbonyl (C=O) groups is 2. The number of hydrogen-bond donors (Lipinski definition) is 3. The number of rotatable bonds is 53. The first-order valence-corrected chi connectivity index (χ1v) is 29.5. The molecule has 396 valence electrons. The zero-order chi connectivity index (χ0) is 49.5. The first-order valence-electron chi connectivity index (χ1n) is 29.5. The van der Waals surface area contributed by atoms with Crippen LogP contribution in [0.15, 0.2) is 60.8 Å². The number of ether oxygens (including phenoxy) is 1. The predicted molar refractivity (Wildman–Crippen MR) is 296 cm³/mol. The van der Waals surface area contributed by atoms with Gasteiger partial charge >= 0.3 is 5.97 Å². The largest absolute Gasteiger partial charge is 0.462 e. The Bertz CT molecular complexity index is 1210. The SMILES string of the molecule is CC/C=C/C/C=C/C/C=C/C/C=C/CCCC(CC(=O)NC(CO)C(O)CCCCCCCCCCCCCCCCCCC)OC(=O)CCCCCCC/C=C/CCCCCCCCCCC. The van der Waals surface area contributed by atoms with Crippen LogP contribution in [0.1, 0.15) is 297 Å². The molecular weight excluding hydrogens is 839 g/mol. The minimum absolute atomic E-state index is 0.0366. The molecule has 6 nitrogen and oxygen atoms in total. The first kappa shape index (κ1) is 65.6. The zero-order valence-corrected chi connectivity index (χ0v) is 45.2. The number of esters is 1. The summed E-state index contributed by atoms with van der Waals surface area (Å²) >= 11 is 0. The van der Waals surface area contributed by atoms with Crippen molar-refractivity contribution >= 4 is 11.9 Å². The van der Waals surface area contributed by atoms with E-state index in [0.717, 1.165) is 83.5 Å². The van der Waals surface area contributed by atoms with Gasteiger partial charge in [-0.2, -0.15) is 0 Å². The van der Waals surface area contributed by atoms with Crippen molar-refractivity contribution in [3.63, 3.8) is 0 Å². The van der Waals surface area contributed by atoms with Crippen LogP contribution < -0.4 is 5.32 Å². The van der Waals surface area contributed by atoms with E-state index in [1.54, 1.807) is 0 Å². The molecule has 0 fully saturated rings. The number of amides is 1. The monoisotopic (exact) mass is 952 g/mol. The molecule has 0 aromatic carbocycles. The van der Waals surface area contributed by atoms with Gasteiger partial charge in [0, 0.05) is 6.42 Å². The Kier molecular flexibility index (Phi) is 53.5. The van der Waals surface area contributed by atoms with E-state index in [0.29, 0.717) is 19.3 Å². The molecule has 3 atom stereocenters. The van der Waals surface area contributed by atoms with Crippen LogP contribution in [0.3, 0.4) is 0 Å². The Labute approximate surface area is 422 Å². The Morgan fingerprint density at radius 3 is 1.25 bits per heavy atom. The molecule has 0 rings (SSSR count). The van der Waals surface area contributed by atoms with E-state index in [9.17, 15) is 19.8 Å². The number of allylic oxidation sites excluding steroid dienone is 10. The Hall–Kier alpha value is -2.44. The molecule has 0 heterocycles. The van der Waals surface area contributed by atoms with Crippen LogP contribution >= 0.6 is 0 Å². The topological polar surface area (TPSA) is 95.9 Å². The minimum atomic E-state index is -0.806. The van der Waals surface area contributed by atoms with Crippen LogP contribution in [0.2, 0.25) is 0 Å². The normalized spacial score (nSPS) is 13.5. The molecule has 3 N–H and O–H groups in total. The van der Waals surface area contributed by atoms with E-state index in [4.69, 9.17) is 4.74 Å². The smallest absolute Gasteiger partial charge is 0.306 e. The van der Waals surface area contributed by atoms with Crippen molar-refractivity contribution in [2.24, 2.45) is 0 Å². The number of nitrogens with one attached hydrogen (secondary N) is 1. The summed E-state index contributed by atoms with van der Waals surface area (Å²) in [4.78, 5) is 26.3. The van der Waals surface area contributed by atoms with Gasteiger partial charge in [0.2, 0.25) is 5.91 Å². The summed E-state index contributed by atoms with van der Waals surface area (Å²) < 4.78 is 5.93. The number of aliphatic hydroxyl groups is 2. The number of unbranched alkanes of at least 4 members (excludes halogenated alkanes) is 31. The summed E-state index contributed by atoms with van der Waals surface area (Å²) in [5.74, 6) is -0.530. The van der Waals surface area contributed by atoms with Gasteiger partial charge in [0.1, 0.15) is 6.10 Å². The average molecular weight is 953 g/mol. The third kappa shape index (κ3) is 50.0. The van der Waals surface area contributed by atoms with Crippen LogP contribution in [-0.4, -0.2) is 46.9 Å². The van der Waals surface area contributed by atoms with E-state index in [1.165, 1.54) is 167 Å². The predicted octanol–water partition coefficient (Wildman–Crippen LogP) is 18.4. The third-order valence-electron chi connectivity index (χ3n) is 13.3. The fraction of sp³-hybridized carbons (Fsp3) is 0.806. The van der Waals surface area contributed by atoms with Gasteiger partial charge in [0.15, 0.2) is 0 Å². The lowest BCUT2D eigenvalue weighted by Crippen LogP contribution is -2.46. The standard InChI is InChI=1S/C62H113NO5/c1-4-7-10-13-16-19-22-25-28-30-32-34-37-40-43-46-49-52-55-62(67)68-58(53-50-47-44-41-38-35-27-24-21-18-15-12-9-6-3)56-61(66)63-59(57-64)60(65)54-51-48-45-42-39-36-33-31-29-26-23-20-17-14-11-8-5-2/h9,12,18,21,27,32,34-35,41,44,58-60,64-65H,4-8,10-11,13-17,19-20,22-26,28-31,33,36-40,42-43,45-57H2,1-3H3,(H,63,66)/b12-9+,21-18+,34-32+,35-27+,44-41+. The molecule has 0 aromatic rings. The van der Waals surface area contributed by atoms with Crippen molar-refractivity contribution in [1.82, 2.24) is 5.32 Å². The van der Waals surface area contributed by atoms with E-state index in [-0.39, 0.29) is 24.9 Å². The van der Waals surface area contributed by atoms with Gasteiger partial charge in [-0.15, -0.1) is 0 Å². The van der Waals surface area contributed by atoms with E-state index in [2.05, 4.69) is 86.8 Å². The molecule has 0 saturated heterocycles. The van der Waals surface area contributed by atoms with Gasteiger partial charge < -0.3 is 20.3 Å². The van der Waals surface area contributed by atoms with Gasteiger partial charge in [-0.25, -0.2) is 0 Å². The molecule has 0 aliphatic heterocycles. The van der Waals surface area contributed by atoms with E-state index < -0.39 is 18.2 Å². The highest BCUT2D eigenvalue weighted by Gasteiger charge is 2.24. The maximum Gasteiger partial charge on any atom is 0.306 e. The third-order valence-corrected chi connectivity index (χ3v) is 13.3. The highest BCUT2D eigenvalue weighted by atomic mass is 16.5. The summed E-state index contributed by atoms with van der Waals surface area (Å²) in [5.41, 5.74) is 0. The van der Waals surface area contributed by atoms with Crippen molar-refractivity contribution in [1.29, 1.82) is 0 Å². The van der Waals surface area contributed by atoms with Crippen molar-refractivity contribution in [3.8, 4) is 0 Å². The van der Waals surface area contributed by atoms with Gasteiger partial charge in [0.25, 0.3) is 0 Å². The molecule has 0 spiro atoms. The van der Waals surface area contributed by atoms with Crippen molar-refractivity contribution in [3.05, 3.63) is 60.8 Å². The van der Waals surface area contributed by atoms with E-state index >= 15 is 0 Å². The molecule has 1 amide bonds. The number of hydrogen-bond acceptors (Lipinski definition) is 5. The molecule has 3 unspecified atom stereocenters. The lowest BCUT2D eigenvalue weighted by atomic mass is 10.0. The second-order valence-corrected chi connectivity index (χ2v) is 20.0. The Morgan fingerprint density at radius 2 is 0.809 bits per heavy atom. The quantitative estimate of drug-likeness (QED) is 0.0321. The molecule has 0 bridgehead atoms. The van der Waals surface area contributed by atoms with Crippen LogP contribution in [0.4, 0.5) is 0 Å². The van der Waals surface area contributed by atoms with Crippen LogP contribution in [0.25, 0.3) is 0 Å². The maximum atomic E-state index is 13.3. The zero-order valence-electron chi connectivity index (χ0n) is 45.2. The molecule has 6 heteroatoms. The van der Waals surface area contributed by atoms with Crippen LogP contribution in [-0.2, 0) is 14.3 Å². The van der Waals surface area contributed by atoms with Crippen molar-refractivity contribution in [2.75, 3.05) is 6.61 Å².